The van der Waals surface area contributed by atoms with Gasteiger partial charge < -0.3 is 15.2 Å². The average molecular weight is 290 g/mol. The van der Waals surface area contributed by atoms with Crippen LogP contribution in [0.1, 0.15) is 48.2 Å². The van der Waals surface area contributed by atoms with Gasteiger partial charge in [-0.2, -0.15) is 18.2 Å². The van der Waals surface area contributed by atoms with Gasteiger partial charge in [0.25, 0.3) is 11.7 Å². The summed E-state index contributed by atoms with van der Waals surface area (Å²) < 4.78 is 43.1. The number of hydrogen-bond acceptors (Lipinski definition) is 5. The van der Waals surface area contributed by atoms with Gasteiger partial charge >= 0.3 is 6.18 Å². The smallest absolute Gasteiger partial charge is 0.337 e. The van der Waals surface area contributed by atoms with Gasteiger partial charge in [0.1, 0.15) is 5.54 Å². The van der Waals surface area contributed by atoms with Crippen LogP contribution in [0.3, 0.4) is 0 Å². The molecule has 6 nitrogen and oxygen atoms in total. The number of nitrogens with one attached hydrogen (secondary N) is 2. The first-order valence-electron chi connectivity index (χ1n) is 6.37. The van der Waals surface area contributed by atoms with Gasteiger partial charge in [0.05, 0.1) is 6.04 Å². The van der Waals surface area contributed by atoms with E-state index in [0.29, 0.717) is 0 Å². The standard InChI is InChI=1S/C11H13F3N4O2/c12-11(13,14)10(3-4-10)17-8(19)7-16-9(20-18-7)6-2-1-5-15-6/h6,15H,1-5H2,(H,17,19). The number of nitrogens with zero attached hydrogens (tertiary/aromatic N) is 2. The fourth-order valence-electron chi connectivity index (χ4n) is 2.24. The average Bonchev–Trinajstić information content (AvgIpc) is 2.85. The Morgan fingerprint density at radius 1 is 1.45 bits per heavy atom. The van der Waals surface area contributed by atoms with E-state index in [0.717, 1.165) is 19.4 Å². The molecule has 9 heteroatoms. The summed E-state index contributed by atoms with van der Waals surface area (Å²) in [5.74, 6) is -1.07. The molecule has 0 bridgehead atoms. The minimum Gasteiger partial charge on any atom is -0.337 e. The number of alkyl halides is 3. The van der Waals surface area contributed by atoms with Crippen molar-refractivity contribution in [3.05, 3.63) is 11.7 Å². The molecule has 2 heterocycles. The highest BCUT2D eigenvalue weighted by Gasteiger charge is 2.64. The van der Waals surface area contributed by atoms with Gasteiger partial charge in [-0.15, -0.1) is 0 Å². The van der Waals surface area contributed by atoms with E-state index in [1.165, 1.54) is 0 Å². The molecule has 0 radical (unpaired) electrons. The second-order valence-electron chi connectivity index (χ2n) is 5.14. The highest BCUT2D eigenvalue weighted by Crippen LogP contribution is 2.48. The van der Waals surface area contributed by atoms with E-state index in [1.54, 1.807) is 0 Å². The zero-order chi connectivity index (χ0) is 14.4. The maximum absolute atomic E-state index is 12.7. The topological polar surface area (TPSA) is 80.0 Å². The van der Waals surface area contributed by atoms with Crippen molar-refractivity contribution in [1.29, 1.82) is 0 Å². The predicted octanol–water partition coefficient (Wildman–Crippen LogP) is 1.32. The summed E-state index contributed by atoms with van der Waals surface area (Å²) >= 11 is 0. The maximum Gasteiger partial charge on any atom is 0.411 e. The molecular weight excluding hydrogens is 277 g/mol. The Labute approximate surface area is 112 Å². The van der Waals surface area contributed by atoms with E-state index in [2.05, 4.69) is 15.5 Å². The Hall–Kier alpha value is -1.64. The third kappa shape index (κ3) is 2.26. The summed E-state index contributed by atoms with van der Waals surface area (Å²) in [4.78, 5) is 15.6. The molecule has 1 aliphatic carbocycles. The van der Waals surface area contributed by atoms with Crippen molar-refractivity contribution in [2.75, 3.05) is 6.54 Å². The highest BCUT2D eigenvalue weighted by atomic mass is 19.4. The van der Waals surface area contributed by atoms with Crippen molar-refractivity contribution in [3.63, 3.8) is 0 Å². The third-order valence-electron chi connectivity index (χ3n) is 3.65. The zero-order valence-corrected chi connectivity index (χ0v) is 10.5. The van der Waals surface area contributed by atoms with Gasteiger partial charge in [-0.25, -0.2) is 0 Å². The fourth-order valence-corrected chi connectivity index (χ4v) is 2.24. The monoisotopic (exact) mass is 290 g/mol. The van der Waals surface area contributed by atoms with Crippen molar-refractivity contribution in [3.8, 4) is 0 Å². The van der Waals surface area contributed by atoms with Crippen molar-refractivity contribution in [2.24, 2.45) is 0 Å². The number of carbonyl (C=O) groups is 1. The SMILES string of the molecule is O=C(NC1(C(F)(F)F)CC1)c1noc(C2CCCN2)n1. The first kappa shape index (κ1) is 13.3. The first-order chi connectivity index (χ1) is 9.41. The molecule has 1 aliphatic heterocycles. The van der Waals surface area contributed by atoms with E-state index >= 15 is 0 Å². The van der Waals surface area contributed by atoms with Crippen molar-refractivity contribution >= 4 is 5.91 Å². The Balaban J connectivity index is 1.69. The van der Waals surface area contributed by atoms with Gasteiger partial charge in [-0.1, -0.05) is 5.16 Å². The molecule has 1 aromatic rings. The normalized spacial score (nSPS) is 24.6. The highest BCUT2D eigenvalue weighted by molar-refractivity contribution is 5.91. The lowest BCUT2D eigenvalue weighted by Gasteiger charge is -2.19. The lowest BCUT2D eigenvalue weighted by molar-refractivity contribution is -0.163. The Bertz CT molecular complexity index is 518. The minimum absolute atomic E-state index is 0.114. The molecule has 1 saturated heterocycles. The van der Waals surface area contributed by atoms with E-state index in [1.807, 2.05) is 5.32 Å². The summed E-state index contributed by atoms with van der Waals surface area (Å²) in [7, 11) is 0. The summed E-state index contributed by atoms with van der Waals surface area (Å²) in [6, 6.07) is -0.124. The molecule has 0 spiro atoms. The molecule has 2 aliphatic rings. The molecule has 20 heavy (non-hydrogen) atoms. The molecule has 1 amide bonds. The Kier molecular flexibility index (Phi) is 2.96. The van der Waals surface area contributed by atoms with Crippen LogP contribution in [0.15, 0.2) is 4.52 Å². The molecule has 2 fully saturated rings. The van der Waals surface area contributed by atoms with Crippen LogP contribution in [0.25, 0.3) is 0 Å². The first-order valence-corrected chi connectivity index (χ1v) is 6.37. The van der Waals surface area contributed by atoms with Crippen molar-refractivity contribution in [2.45, 2.75) is 43.4 Å². The summed E-state index contributed by atoms with van der Waals surface area (Å²) in [6.45, 7) is 0.811. The minimum atomic E-state index is -4.46. The van der Waals surface area contributed by atoms with Crippen LogP contribution in [0.4, 0.5) is 13.2 Å². The number of aromatic nitrogens is 2. The van der Waals surface area contributed by atoms with Gasteiger partial charge in [0, 0.05) is 0 Å². The quantitative estimate of drug-likeness (QED) is 0.877. The molecule has 1 unspecified atom stereocenters. The fraction of sp³-hybridized carbons (Fsp3) is 0.727. The van der Waals surface area contributed by atoms with Crippen molar-refractivity contribution < 1.29 is 22.5 Å². The van der Waals surface area contributed by atoms with Crippen LogP contribution >= 0.6 is 0 Å². The van der Waals surface area contributed by atoms with Gasteiger partial charge in [0.15, 0.2) is 0 Å². The zero-order valence-electron chi connectivity index (χ0n) is 10.5. The molecule has 3 rings (SSSR count). The largest absolute Gasteiger partial charge is 0.411 e. The summed E-state index contributed by atoms with van der Waals surface area (Å²) in [6.07, 6.45) is -2.93. The second kappa shape index (κ2) is 4.44. The molecule has 0 aromatic carbocycles. The second-order valence-corrected chi connectivity index (χ2v) is 5.14. The summed E-state index contributed by atoms with van der Waals surface area (Å²) in [5, 5.41) is 8.51. The molecular formula is C11H13F3N4O2. The Morgan fingerprint density at radius 3 is 2.75 bits per heavy atom. The van der Waals surface area contributed by atoms with Crippen LogP contribution in [-0.4, -0.2) is 34.3 Å². The number of carbonyl (C=O) groups excluding carboxylic acids is 1. The van der Waals surface area contributed by atoms with E-state index in [4.69, 9.17) is 4.52 Å². The number of halogens is 3. The molecule has 110 valence electrons. The van der Waals surface area contributed by atoms with Crippen LogP contribution in [0.2, 0.25) is 0 Å². The molecule has 1 saturated carbocycles. The lowest BCUT2D eigenvalue weighted by atomic mass is 10.2. The van der Waals surface area contributed by atoms with Crippen LogP contribution in [0.5, 0.6) is 0 Å². The molecule has 2 N–H and O–H groups in total. The lowest BCUT2D eigenvalue weighted by Crippen LogP contribution is -2.48. The van der Waals surface area contributed by atoms with Gasteiger partial charge in [0.2, 0.25) is 5.89 Å². The van der Waals surface area contributed by atoms with E-state index in [-0.39, 0.29) is 30.6 Å². The van der Waals surface area contributed by atoms with E-state index in [9.17, 15) is 18.0 Å². The predicted molar refractivity (Wildman–Crippen MR) is 59.8 cm³/mol. The van der Waals surface area contributed by atoms with E-state index < -0.39 is 17.6 Å². The third-order valence-corrected chi connectivity index (χ3v) is 3.65. The van der Waals surface area contributed by atoms with Crippen LogP contribution in [0, 0.1) is 0 Å². The van der Waals surface area contributed by atoms with Crippen LogP contribution in [-0.2, 0) is 0 Å². The number of amides is 1. The number of hydrogen-bond donors (Lipinski definition) is 2. The molecule has 1 atom stereocenters. The number of rotatable bonds is 3. The molecule has 1 aromatic heterocycles. The van der Waals surface area contributed by atoms with Crippen LogP contribution < -0.4 is 10.6 Å². The van der Waals surface area contributed by atoms with Gasteiger partial charge in [-0.3, -0.25) is 4.79 Å². The van der Waals surface area contributed by atoms with Gasteiger partial charge in [-0.05, 0) is 32.2 Å². The summed E-state index contributed by atoms with van der Waals surface area (Å²) in [5.41, 5.74) is -2.11. The maximum atomic E-state index is 12.7. The van der Waals surface area contributed by atoms with Crippen molar-refractivity contribution in [1.82, 2.24) is 20.8 Å². The Morgan fingerprint density at radius 2 is 2.20 bits per heavy atom.